The van der Waals surface area contributed by atoms with E-state index >= 15 is 0 Å². The normalized spacial score (nSPS) is 19.8. The Labute approximate surface area is 113 Å². The van der Waals surface area contributed by atoms with Crippen molar-refractivity contribution in [3.05, 3.63) is 28.5 Å². The summed E-state index contributed by atoms with van der Waals surface area (Å²) in [4.78, 5) is 27.6. The molecule has 18 heavy (non-hydrogen) atoms. The second-order valence-corrected chi connectivity index (χ2v) is 5.12. The summed E-state index contributed by atoms with van der Waals surface area (Å²) in [6.45, 7) is 0.684. The molecule has 0 aliphatic carbocycles. The number of halogens is 1. The lowest BCUT2D eigenvalue weighted by Gasteiger charge is -2.15. The molecule has 1 fully saturated rings. The van der Waals surface area contributed by atoms with Crippen LogP contribution in [0.3, 0.4) is 0 Å². The fraction of sp³-hybridized carbons (Fsp3) is 0.417. The van der Waals surface area contributed by atoms with Crippen LogP contribution in [-0.4, -0.2) is 29.4 Å². The molecule has 2 amide bonds. The number of aromatic nitrogens is 1. The Morgan fingerprint density at radius 3 is 3.06 bits per heavy atom. The van der Waals surface area contributed by atoms with Gasteiger partial charge in [0.05, 0.1) is 5.56 Å². The average Bonchev–Trinajstić information content (AvgIpc) is 2.55. The van der Waals surface area contributed by atoms with Crippen molar-refractivity contribution >= 4 is 27.7 Å². The fourth-order valence-corrected chi connectivity index (χ4v) is 2.22. The molecule has 1 saturated heterocycles. The summed E-state index contributed by atoms with van der Waals surface area (Å²) in [7, 11) is 0. The molecule has 6 heteroatoms. The highest BCUT2D eigenvalue weighted by atomic mass is 79.9. The molecule has 2 N–H and O–H groups in total. The van der Waals surface area contributed by atoms with Crippen molar-refractivity contribution in [1.82, 2.24) is 15.6 Å². The predicted octanol–water partition coefficient (Wildman–Crippen LogP) is 1.24. The Kier molecular flexibility index (Phi) is 4.30. The molecule has 0 bridgehead atoms. The van der Waals surface area contributed by atoms with Crippen molar-refractivity contribution in [2.24, 2.45) is 0 Å². The Morgan fingerprint density at radius 2 is 2.28 bits per heavy atom. The van der Waals surface area contributed by atoms with Crippen LogP contribution in [0, 0.1) is 0 Å². The topological polar surface area (TPSA) is 71.1 Å². The Balaban J connectivity index is 2.04. The Hall–Kier alpha value is -1.43. The minimum absolute atomic E-state index is 0.108. The summed E-state index contributed by atoms with van der Waals surface area (Å²) >= 11 is 3.26. The molecule has 1 aliphatic heterocycles. The second-order valence-electron chi connectivity index (χ2n) is 4.20. The van der Waals surface area contributed by atoms with Crippen molar-refractivity contribution < 1.29 is 9.59 Å². The zero-order valence-electron chi connectivity index (χ0n) is 9.78. The van der Waals surface area contributed by atoms with E-state index in [1.54, 1.807) is 12.3 Å². The first-order valence-corrected chi connectivity index (χ1v) is 6.65. The zero-order valence-corrected chi connectivity index (χ0v) is 11.4. The van der Waals surface area contributed by atoms with Gasteiger partial charge in [-0.25, -0.2) is 0 Å². The lowest BCUT2D eigenvalue weighted by Crippen LogP contribution is -2.45. The van der Waals surface area contributed by atoms with Gasteiger partial charge >= 0.3 is 0 Å². The maximum atomic E-state index is 12.0. The van der Waals surface area contributed by atoms with Crippen molar-refractivity contribution in [3.63, 3.8) is 0 Å². The van der Waals surface area contributed by atoms with E-state index in [4.69, 9.17) is 0 Å². The number of nitrogens with one attached hydrogen (secondary N) is 2. The SMILES string of the molecule is O=C(N[C@H]1CCCCNC1=O)c1cncc(Br)c1. The maximum Gasteiger partial charge on any atom is 0.253 e. The van der Waals surface area contributed by atoms with E-state index in [1.807, 2.05) is 0 Å². The highest BCUT2D eigenvalue weighted by molar-refractivity contribution is 9.10. The summed E-state index contributed by atoms with van der Waals surface area (Å²) in [5.41, 5.74) is 0.446. The van der Waals surface area contributed by atoms with E-state index in [-0.39, 0.29) is 11.8 Å². The van der Waals surface area contributed by atoms with Crippen LogP contribution in [0.5, 0.6) is 0 Å². The summed E-state index contributed by atoms with van der Waals surface area (Å²) in [5, 5.41) is 5.52. The van der Waals surface area contributed by atoms with Gasteiger partial charge < -0.3 is 10.6 Å². The van der Waals surface area contributed by atoms with E-state index in [0.29, 0.717) is 18.5 Å². The van der Waals surface area contributed by atoms with E-state index < -0.39 is 6.04 Å². The monoisotopic (exact) mass is 311 g/mol. The van der Waals surface area contributed by atoms with E-state index in [0.717, 1.165) is 17.3 Å². The van der Waals surface area contributed by atoms with Crippen molar-refractivity contribution in [2.45, 2.75) is 25.3 Å². The molecule has 0 spiro atoms. The van der Waals surface area contributed by atoms with Crippen LogP contribution in [0.1, 0.15) is 29.6 Å². The molecule has 2 heterocycles. The number of amides is 2. The van der Waals surface area contributed by atoms with Gasteiger partial charge in [-0.1, -0.05) is 0 Å². The van der Waals surface area contributed by atoms with Crippen LogP contribution in [0.2, 0.25) is 0 Å². The van der Waals surface area contributed by atoms with Crippen molar-refractivity contribution in [3.8, 4) is 0 Å². The number of carbonyl (C=O) groups is 2. The van der Waals surface area contributed by atoms with Gasteiger partial charge in [-0.05, 0) is 41.3 Å². The van der Waals surface area contributed by atoms with Gasteiger partial charge in [-0.2, -0.15) is 0 Å². The molecule has 2 rings (SSSR count). The zero-order chi connectivity index (χ0) is 13.0. The molecule has 0 unspecified atom stereocenters. The molecule has 0 aromatic carbocycles. The van der Waals surface area contributed by atoms with Gasteiger partial charge in [0.1, 0.15) is 6.04 Å². The third-order valence-electron chi connectivity index (χ3n) is 2.81. The van der Waals surface area contributed by atoms with E-state index in [2.05, 4.69) is 31.5 Å². The molecule has 96 valence electrons. The first-order chi connectivity index (χ1) is 8.66. The van der Waals surface area contributed by atoms with Gasteiger partial charge in [-0.3, -0.25) is 14.6 Å². The minimum Gasteiger partial charge on any atom is -0.354 e. The summed E-state index contributed by atoms with van der Waals surface area (Å²) < 4.78 is 0.737. The summed E-state index contributed by atoms with van der Waals surface area (Å²) in [6, 6.07) is 1.23. The van der Waals surface area contributed by atoms with Crippen LogP contribution >= 0.6 is 15.9 Å². The number of hydrogen-bond acceptors (Lipinski definition) is 3. The van der Waals surface area contributed by atoms with Crippen molar-refractivity contribution in [2.75, 3.05) is 6.54 Å². The Bertz CT molecular complexity index is 464. The fourth-order valence-electron chi connectivity index (χ4n) is 1.85. The lowest BCUT2D eigenvalue weighted by atomic mass is 10.1. The van der Waals surface area contributed by atoms with Crippen LogP contribution in [0.25, 0.3) is 0 Å². The maximum absolute atomic E-state index is 12.0. The quantitative estimate of drug-likeness (QED) is 0.863. The highest BCUT2D eigenvalue weighted by Gasteiger charge is 2.22. The first-order valence-electron chi connectivity index (χ1n) is 5.86. The van der Waals surface area contributed by atoms with Crippen molar-refractivity contribution in [1.29, 1.82) is 0 Å². The highest BCUT2D eigenvalue weighted by Crippen LogP contribution is 2.11. The molecule has 1 aromatic rings. The average molecular weight is 312 g/mol. The summed E-state index contributed by atoms with van der Waals surface area (Å²) in [5.74, 6) is -0.380. The van der Waals surface area contributed by atoms with Crippen LogP contribution < -0.4 is 10.6 Å². The molecule has 1 aliphatic rings. The predicted molar refractivity (Wildman–Crippen MR) is 70.1 cm³/mol. The molecular weight excluding hydrogens is 298 g/mol. The van der Waals surface area contributed by atoms with Crippen LogP contribution in [0.15, 0.2) is 22.9 Å². The molecule has 5 nitrogen and oxygen atoms in total. The third-order valence-corrected chi connectivity index (χ3v) is 3.24. The number of rotatable bonds is 2. The van der Waals surface area contributed by atoms with Gasteiger partial charge in [0, 0.05) is 23.4 Å². The van der Waals surface area contributed by atoms with Gasteiger partial charge in [0.2, 0.25) is 5.91 Å². The van der Waals surface area contributed by atoms with Gasteiger partial charge in [0.25, 0.3) is 5.91 Å². The number of carbonyl (C=O) groups excluding carboxylic acids is 2. The molecule has 0 saturated carbocycles. The number of hydrogen-bond donors (Lipinski definition) is 2. The third kappa shape index (κ3) is 3.29. The molecule has 1 atom stereocenters. The number of nitrogens with zero attached hydrogens (tertiary/aromatic N) is 1. The molecule has 0 radical (unpaired) electrons. The second kappa shape index (κ2) is 5.95. The largest absolute Gasteiger partial charge is 0.354 e. The van der Waals surface area contributed by atoms with Crippen LogP contribution in [0.4, 0.5) is 0 Å². The van der Waals surface area contributed by atoms with Gasteiger partial charge in [0.15, 0.2) is 0 Å². The standard InChI is InChI=1S/C12H14BrN3O2/c13-9-5-8(6-14-7-9)11(17)16-10-3-1-2-4-15-12(10)18/h5-7,10H,1-4H2,(H,15,18)(H,16,17)/t10-/m0/s1. The molecule has 1 aromatic heterocycles. The smallest absolute Gasteiger partial charge is 0.253 e. The van der Waals surface area contributed by atoms with E-state index in [9.17, 15) is 9.59 Å². The van der Waals surface area contributed by atoms with Gasteiger partial charge in [-0.15, -0.1) is 0 Å². The minimum atomic E-state index is -0.445. The summed E-state index contributed by atoms with van der Waals surface area (Å²) in [6.07, 6.45) is 5.65. The van der Waals surface area contributed by atoms with E-state index in [1.165, 1.54) is 6.20 Å². The Morgan fingerprint density at radius 1 is 1.44 bits per heavy atom. The lowest BCUT2D eigenvalue weighted by molar-refractivity contribution is -0.122. The number of pyridine rings is 1. The molecular formula is C12H14BrN3O2. The first kappa shape index (κ1) is 13.0. The van der Waals surface area contributed by atoms with Crippen LogP contribution in [-0.2, 0) is 4.79 Å².